The van der Waals surface area contributed by atoms with Crippen LogP contribution in [0.4, 0.5) is 0 Å². The molecule has 0 radical (unpaired) electrons. The first-order valence-electron chi connectivity index (χ1n) is 9.32. The molecule has 1 saturated heterocycles. The van der Waals surface area contributed by atoms with Gasteiger partial charge in [0, 0.05) is 31.0 Å². The predicted molar refractivity (Wildman–Crippen MR) is 105 cm³/mol. The van der Waals surface area contributed by atoms with Gasteiger partial charge in [0.1, 0.15) is 0 Å². The highest BCUT2D eigenvalue weighted by Crippen LogP contribution is 2.14. The third kappa shape index (κ3) is 16.2. The minimum atomic E-state index is -0.984. The standard InChI is InChI=1S/C11H20O4.C5H8O2.C4H8O/c1-8(9(2)11(14)15)10(13)6-4-3-5-7-12;1-3-4(2)5(6)7;1-2-4-5-3-1/h10,12-13H,3-7H2,1-2H3,(H,14,15);3H,1-2H3,(H,6,7);1-4H2. The molecule has 0 spiro atoms. The van der Waals surface area contributed by atoms with E-state index in [-0.39, 0.29) is 12.2 Å². The van der Waals surface area contributed by atoms with Gasteiger partial charge >= 0.3 is 11.9 Å². The highest BCUT2D eigenvalue weighted by Gasteiger charge is 2.12. The Morgan fingerprint density at radius 1 is 1.00 bits per heavy atom. The lowest BCUT2D eigenvalue weighted by Gasteiger charge is -2.12. The maximum absolute atomic E-state index is 10.6. The highest BCUT2D eigenvalue weighted by atomic mass is 16.5. The van der Waals surface area contributed by atoms with Gasteiger partial charge in [-0.2, -0.15) is 0 Å². The van der Waals surface area contributed by atoms with Crippen LogP contribution in [-0.4, -0.2) is 58.3 Å². The molecule has 1 atom stereocenters. The van der Waals surface area contributed by atoms with Crippen molar-refractivity contribution in [1.82, 2.24) is 0 Å². The third-order valence-corrected chi connectivity index (χ3v) is 4.15. The lowest BCUT2D eigenvalue weighted by molar-refractivity contribution is -0.133. The van der Waals surface area contributed by atoms with Crippen molar-refractivity contribution in [3.05, 3.63) is 22.8 Å². The van der Waals surface area contributed by atoms with Crippen LogP contribution in [0.15, 0.2) is 22.8 Å². The number of allylic oxidation sites excluding steroid dienone is 1. The molecule has 4 N–H and O–H groups in total. The number of carboxylic acids is 2. The molecule has 7 heteroatoms. The predicted octanol–water partition coefficient (Wildman–Crippen LogP) is 3.16. The summed E-state index contributed by atoms with van der Waals surface area (Å²) in [5, 5.41) is 35.0. The number of carboxylic acid groups (broad SMARTS) is 2. The van der Waals surface area contributed by atoms with Gasteiger partial charge in [0.2, 0.25) is 0 Å². The molecule has 0 aromatic rings. The Hall–Kier alpha value is -1.70. The summed E-state index contributed by atoms with van der Waals surface area (Å²) in [6.45, 7) is 8.56. The van der Waals surface area contributed by atoms with Gasteiger partial charge < -0.3 is 25.2 Å². The first-order chi connectivity index (χ1) is 12.7. The van der Waals surface area contributed by atoms with Crippen LogP contribution in [0.2, 0.25) is 0 Å². The van der Waals surface area contributed by atoms with Gasteiger partial charge in [-0.15, -0.1) is 0 Å². The Balaban J connectivity index is 0. The van der Waals surface area contributed by atoms with Crippen molar-refractivity contribution in [2.45, 2.75) is 72.3 Å². The monoisotopic (exact) mass is 388 g/mol. The van der Waals surface area contributed by atoms with Gasteiger partial charge in [-0.1, -0.05) is 18.9 Å². The summed E-state index contributed by atoms with van der Waals surface area (Å²) in [6, 6.07) is 0. The molecule has 1 aliphatic rings. The van der Waals surface area contributed by atoms with E-state index in [1.54, 1.807) is 26.8 Å². The van der Waals surface area contributed by atoms with Crippen molar-refractivity contribution in [1.29, 1.82) is 0 Å². The molecule has 1 heterocycles. The zero-order valence-electron chi connectivity index (χ0n) is 17.0. The van der Waals surface area contributed by atoms with Crippen LogP contribution < -0.4 is 0 Å². The van der Waals surface area contributed by atoms with Crippen LogP contribution in [0.5, 0.6) is 0 Å². The Bertz CT molecular complexity index is 469. The summed E-state index contributed by atoms with van der Waals surface area (Å²) in [7, 11) is 0. The molecular weight excluding hydrogens is 352 g/mol. The van der Waals surface area contributed by atoms with E-state index in [0.717, 1.165) is 32.5 Å². The SMILES string of the molecule is C1CCOC1.CC(C(=O)O)=C(C)C(O)CCCCCO.CC=C(C)C(=O)O. The molecule has 0 amide bonds. The van der Waals surface area contributed by atoms with Crippen LogP contribution in [0, 0.1) is 0 Å². The normalized spacial score (nSPS) is 15.6. The van der Waals surface area contributed by atoms with Gasteiger partial charge in [0.15, 0.2) is 0 Å². The van der Waals surface area contributed by atoms with E-state index in [0.29, 0.717) is 17.6 Å². The first-order valence-corrected chi connectivity index (χ1v) is 9.32. The van der Waals surface area contributed by atoms with Crippen LogP contribution in [0.3, 0.4) is 0 Å². The van der Waals surface area contributed by atoms with Crippen molar-refractivity contribution in [3.8, 4) is 0 Å². The second kappa shape index (κ2) is 17.7. The van der Waals surface area contributed by atoms with E-state index >= 15 is 0 Å². The molecule has 7 nitrogen and oxygen atoms in total. The Labute approximate surface area is 162 Å². The lowest BCUT2D eigenvalue weighted by atomic mass is 10.0. The molecular formula is C20H36O7. The molecule has 0 aliphatic carbocycles. The van der Waals surface area contributed by atoms with Crippen molar-refractivity contribution in [2.75, 3.05) is 19.8 Å². The third-order valence-electron chi connectivity index (χ3n) is 4.15. The number of hydrogen-bond donors (Lipinski definition) is 4. The van der Waals surface area contributed by atoms with Crippen molar-refractivity contribution in [2.24, 2.45) is 0 Å². The number of aliphatic carboxylic acids is 2. The zero-order chi connectivity index (χ0) is 21.2. The smallest absolute Gasteiger partial charge is 0.331 e. The minimum Gasteiger partial charge on any atom is -0.478 e. The average Bonchev–Trinajstić information content (AvgIpc) is 3.23. The Kier molecular flexibility index (Phi) is 18.0. The van der Waals surface area contributed by atoms with Gasteiger partial charge in [-0.25, -0.2) is 9.59 Å². The number of aliphatic hydroxyl groups excluding tert-OH is 2. The van der Waals surface area contributed by atoms with Crippen LogP contribution >= 0.6 is 0 Å². The molecule has 1 fully saturated rings. The van der Waals surface area contributed by atoms with Gasteiger partial charge in [-0.05, 0) is 59.0 Å². The van der Waals surface area contributed by atoms with Crippen molar-refractivity contribution in [3.63, 3.8) is 0 Å². The van der Waals surface area contributed by atoms with Crippen molar-refractivity contribution >= 4 is 11.9 Å². The summed E-state index contributed by atoms with van der Waals surface area (Å²) in [5.41, 5.74) is 1.12. The maximum atomic E-state index is 10.6. The number of hydrogen-bond acceptors (Lipinski definition) is 5. The molecule has 1 aliphatic heterocycles. The number of unbranched alkanes of at least 4 members (excludes halogenated alkanes) is 2. The van der Waals surface area contributed by atoms with E-state index in [4.69, 9.17) is 20.1 Å². The Morgan fingerprint density at radius 2 is 1.56 bits per heavy atom. The molecule has 0 aromatic heterocycles. The Morgan fingerprint density at radius 3 is 1.85 bits per heavy atom. The average molecular weight is 389 g/mol. The molecule has 1 unspecified atom stereocenters. The van der Waals surface area contributed by atoms with E-state index in [1.165, 1.54) is 19.8 Å². The second-order valence-corrected chi connectivity index (χ2v) is 6.30. The molecule has 158 valence electrons. The fourth-order valence-corrected chi connectivity index (χ4v) is 1.90. The van der Waals surface area contributed by atoms with Crippen LogP contribution in [-0.2, 0) is 14.3 Å². The van der Waals surface area contributed by atoms with Gasteiger partial charge in [-0.3, -0.25) is 0 Å². The fourth-order valence-electron chi connectivity index (χ4n) is 1.90. The van der Waals surface area contributed by atoms with Gasteiger partial charge in [0.25, 0.3) is 0 Å². The van der Waals surface area contributed by atoms with E-state index < -0.39 is 18.0 Å². The van der Waals surface area contributed by atoms with E-state index in [1.807, 2.05) is 0 Å². The summed E-state index contributed by atoms with van der Waals surface area (Å²) in [6.07, 6.45) is 6.37. The number of ether oxygens (including phenoxy) is 1. The summed E-state index contributed by atoms with van der Waals surface area (Å²) >= 11 is 0. The van der Waals surface area contributed by atoms with E-state index in [9.17, 15) is 14.7 Å². The van der Waals surface area contributed by atoms with Crippen LogP contribution in [0.1, 0.15) is 66.2 Å². The largest absolute Gasteiger partial charge is 0.478 e. The highest BCUT2D eigenvalue weighted by molar-refractivity contribution is 5.86. The summed E-state index contributed by atoms with van der Waals surface area (Å²) in [5.74, 6) is -1.83. The fraction of sp³-hybridized carbons (Fsp3) is 0.700. The molecule has 0 aromatic carbocycles. The first kappa shape index (κ1) is 27.5. The molecule has 1 rings (SSSR count). The lowest BCUT2D eigenvalue weighted by Crippen LogP contribution is -2.13. The van der Waals surface area contributed by atoms with Crippen molar-refractivity contribution < 1.29 is 34.8 Å². The molecule has 27 heavy (non-hydrogen) atoms. The maximum Gasteiger partial charge on any atom is 0.331 e. The summed E-state index contributed by atoms with van der Waals surface area (Å²) in [4.78, 5) is 20.5. The topological polar surface area (TPSA) is 124 Å². The quantitative estimate of drug-likeness (QED) is 0.372. The summed E-state index contributed by atoms with van der Waals surface area (Å²) < 4.78 is 4.94. The minimum absolute atomic E-state index is 0.166. The number of aliphatic hydroxyl groups is 2. The van der Waals surface area contributed by atoms with Gasteiger partial charge in [0.05, 0.1) is 6.10 Å². The van der Waals surface area contributed by atoms with Crippen LogP contribution in [0.25, 0.3) is 0 Å². The van der Waals surface area contributed by atoms with E-state index in [2.05, 4.69) is 0 Å². The molecule has 0 saturated carbocycles. The number of rotatable bonds is 8. The second-order valence-electron chi connectivity index (χ2n) is 6.30. The number of carbonyl (C=O) groups is 2. The zero-order valence-corrected chi connectivity index (χ0v) is 17.0. The molecule has 0 bridgehead atoms.